The van der Waals surface area contributed by atoms with Crippen molar-refractivity contribution in [1.29, 1.82) is 0 Å². The molecule has 5 heteroatoms. The minimum absolute atomic E-state index is 0.693. The van der Waals surface area contributed by atoms with Gasteiger partial charge < -0.3 is 13.7 Å². The topological polar surface area (TPSA) is 54.8 Å². The summed E-state index contributed by atoms with van der Waals surface area (Å²) in [6, 6.07) is 7.87. The maximum absolute atomic E-state index is 5.96. The normalized spacial score (nSPS) is 16.8. The van der Waals surface area contributed by atoms with Gasteiger partial charge in [0.1, 0.15) is 11.3 Å². The summed E-state index contributed by atoms with van der Waals surface area (Å²) >= 11 is 0. The van der Waals surface area contributed by atoms with Gasteiger partial charge in [0.2, 0.25) is 5.89 Å². The third-order valence-corrected chi connectivity index (χ3v) is 4.44. The van der Waals surface area contributed by atoms with E-state index in [0.717, 1.165) is 58.9 Å². The van der Waals surface area contributed by atoms with Crippen LogP contribution in [0.5, 0.6) is 0 Å². The molecule has 0 fully saturated rings. The number of rotatable bonds is 2. The molecule has 2 aliphatic rings. The molecule has 23 heavy (non-hydrogen) atoms. The van der Waals surface area contributed by atoms with Crippen molar-refractivity contribution in [3.05, 3.63) is 53.8 Å². The van der Waals surface area contributed by atoms with Gasteiger partial charge in [-0.1, -0.05) is 6.08 Å². The first-order valence-corrected chi connectivity index (χ1v) is 7.74. The lowest BCUT2D eigenvalue weighted by atomic mass is 10.1. The maximum atomic E-state index is 5.96. The minimum Gasteiger partial charge on any atom is -0.463 e. The number of aliphatic imine (C=N–C) groups is 1. The SMILES string of the molecule is CN1CCC=C1c1nc2cc3c(cc2o1)N=C(c1ccco1)C3. The smallest absolute Gasteiger partial charge is 0.243 e. The van der Waals surface area contributed by atoms with Crippen molar-refractivity contribution >= 4 is 28.2 Å². The number of nitrogens with zero attached hydrogens (tertiary/aromatic N) is 3. The zero-order valence-corrected chi connectivity index (χ0v) is 12.7. The minimum atomic E-state index is 0.693. The van der Waals surface area contributed by atoms with Gasteiger partial charge in [0.25, 0.3) is 0 Å². The summed E-state index contributed by atoms with van der Waals surface area (Å²) in [5.41, 5.74) is 5.80. The van der Waals surface area contributed by atoms with Crippen molar-refractivity contribution in [1.82, 2.24) is 9.88 Å². The molecule has 0 spiro atoms. The van der Waals surface area contributed by atoms with E-state index in [2.05, 4.69) is 34.1 Å². The molecule has 1 aromatic carbocycles. The molecular weight excluding hydrogens is 290 g/mol. The molecular formula is C18H15N3O2. The number of fused-ring (bicyclic) bond motifs is 2. The first kappa shape index (κ1) is 12.7. The molecule has 5 rings (SSSR count). The molecule has 0 saturated carbocycles. The lowest BCUT2D eigenvalue weighted by Crippen LogP contribution is -2.11. The molecule has 3 aromatic rings. The van der Waals surface area contributed by atoms with Gasteiger partial charge in [0, 0.05) is 26.1 Å². The van der Waals surface area contributed by atoms with E-state index in [1.54, 1.807) is 6.26 Å². The second-order valence-corrected chi connectivity index (χ2v) is 5.98. The summed E-state index contributed by atoms with van der Waals surface area (Å²) in [5, 5.41) is 0. The van der Waals surface area contributed by atoms with Crippen LogP contribution in [0.1, 0.15) is 23.6 Å². The van der Waals surface area contributed by atoms with Crippen LogP contribution in [0.25, 0.3) is 16.8 Å². The van der Waals surface area contributed by atoms with Gasteiger partial charge in [-0.2, -0.15) is 0 Å². The lowest BCUT2D eigenvalue weighted by Gasteiger charge is -2.12. The van der Waals surface area contributed by atoms with Crippen LogP contribution in [0.15, 0.2) is 50.4 Å². The Morgan fingerprint density at radius 1 is 1.26 bits per heavy atom. The van der Waals surface area contributed by atoms with E-state index in [-0.39, 0.29) is 0 Å². The Labute approximate surface area is 132 Å². The van der Waals surface area contributed by atoms with Crippen LogP contribution >= 0.6 is 0 Å². The van der Waals surface area contributed by atoms with Crippen molar-refractivity contribution in [3.63, 3.8) is 0 Å². The Morgan fingerprint density at radius 2 is 2.22 bits per heavy atom. The summed E-state index contributed by atoms with van der Waals surface area (Å²) in [7, 11) is 2.06. The quantitative estimate of drug-likeness (QED) is 0.723. The number of hydrogen-bond acceptors (Lipinski definition) is 5. The third-order valence-electron chi connectivity index (χ3n) is 4.44. The van der Waals surface area contributed by atoms with Crippen LogP contribution in [-0.2, 0) is 6.42 Å². The average molecular weight is 305 g/mol. The lowest BCUT2D eigenvalue weighted by molar-refractivity contribution is 0.484. The van der Waals surface area contributed by atoms with Crippen molar-refractivity contribution in [2.24, 2.45) is 4.99 Å². The van der Waals surface area contributed by atoms with E-state index >= 15 is 0 Å². The molecule has 0 unspecified atom stereocenters. The predicted octanol–water partition coefficient (Wildman–Crippen LogP) is 3.77. The van der Waals surface area contributed by atoms with Gasteiger partial charge in [-0.05, 0) is 30.2 Å². The van der Waals surface area contributed by atoms with Gasteiger partial charge in [-0.25, -0.2) is 9.98 Å². The molecule has 5 nitrogen and oxygen atoms in total. The molecule has 2 aliphatic heterocycles. The first-order chi connectivity index (χ1) is 11.3. The van der Waals surface area contributed by atoms with Gasteiger partial charge in [0.15, 0.2) is 5.58 Å². The molecule has 2 aromatic heterocycles. The van der Waals surface area contributed by atoms with E-state index in [1.807, 2.05) is 18.2 Å². The van der Waals surface area contributed by atoms with Crippen LogP contribution in [0.3, 0.4) is 0 Å². The standard InChI is InChI=1S/C18H15N3O2/c1-21-6-2-4-15(21)18-20-14-9-11-8-13(16-5-3-7-22-16)19-12(11)10-17(14)23-18/h3-5,7,9-10H,2,6,8H2,1H3. The van der Waals surface area contributed by atoms with Gasteiger partial charge in [-0.3, -0.25) is 0 Å². The van der Waals surface area contributed by atoms with Crippen molar-refractivity contribution in [3.8, 4) is 0 Å². The Morgan fingerprint density at radius 3 is 3.00 bits per heavy atom. The van der Waals surface area contributed by atoms with Crippen LogP contribution in [-0.4, -0.2) is 29.2 Å². The van der Waals surface area contributed by atoms with Gasteiger partial charge in [-0.15, -0.1) is 0 Å². The van der Waals surface area contributed by atoms with E-state index in [9.17, 15) is 0 Å². The molecule has 0 radical (unpaired) electrons. The summed E-state index contributed by atoms with van der Waals surface area (Å²) < 4.78 is 11.4. The molecule has 4 heterocycles. The van der Waals surface area contributed by atoms with Gasteiger partial charge >= 0.3 is 0 Å². The summed E-state index contributed by atoms with van der Waals surface area (Å²) in [6.45, 7) is 1.02. The van der Waals surface area contributed by atoms with E-state index < -0.39 is 0 Å². The number of hydrogen-bond donors (Lipinski definition) is 0. The molecule has 0 aliphatic carbocycles. The molecule has 0 atom stereocenters. The summed E-state index contributed by atoms with van der Waals surface area (Å²) in [6.07, 6.45) is 5.65. The molecule has 114 valence electrons. The summed E-state index contributed by atoms with van der Waals surface area (Å²) in [5.74, 6) is 1.52. The molecule has 0 saturated heterocycles. The molecule has 0 N–H and O–H groups in total. The van der Waals surface area contributed by atoms with Gasteiger partial charge in [0.05, 0.1) is 23.4 Å². The predicted molar refractivity (Wildman–Crippen MR) is 87.8 cm³/mol. The second-order valence-electron chi connectivity index (χ2n) is 5.98. The Hall–Kier alpha value is -2.82. The van der Waals surface area contributed by atoms with E-state index in [4.69, 9.17) is 8.83 Å². The van der Waals surface area contributed by atoms with Crippen LogP contribution < -0.4 is 0 Å². The largest absolute Gasteiger partial charge is 0.463 e. The highest BCUT2D eigenvalue weighted by atomic mass is 16.3. The van der Waals surface area contributed by atoms with E-state index in [0.29, 0.717) is 5.89 Å². The molecule has 0 amide bonds. The fourth-order valence-corrected chi connectivity index (χ4v) is 3.23. The van der Waals surface area contributed by atoms with E-state index in [1.165, 1.54) is 0 Å². The summed E-state index contributed by atoms with van der Waals surface area (Å²) in [4.78, 5) is 11.5. The number of aromatic nitrogens is 1. The number of benzene rings is 1. The van der Waals surface area contributed by atoms with Crippen LogP contribution in [0, 0.1) is 0 Å². The average Bonchev–Trinajstić information content (AvgIpc) is 3.30. The second kappa shape index (κ2) is 4.59. The number of oxazole rings is 1. The maximum Gasteiger partial charge on any atom is 0.243 e. The Kier molecular flexibility index (Phi) is 2.53. The fourth-order valence-electron chi connectivity index (χ4n) is 3.23. The third kappa shape index (κ3) is 1.93. The monoisotopic (exact) mass is 305 g/mol. The Bertz CT molecular complexity index is 964. The highest BCUT2D eigenvalue weighted by Gasteiger charge is 2.22. The van der Waals surface area contributed by atoms with Crippen molar-refractivity contribution < 1.29 is 8.83 Å². The highest BCUT2D eigenvalue weighted by Crippen LogP contribution is 2.35. The Balaban J connectivity index is 1.57. The fraction of sp³-hybridized carbons (Fsp3) is 0.222. The van der Waals surface area contributed by atoms with Crippen LogP contribution in [0.4, 0.5) is 5.69 Å². The first-order valence-electron chi connectivity index (χ1n) is 7.74. The molecule has 0 bridgehead atoms. The zero-order chi connectivity index (χ0) is 15.4. The highest BCUT2D eigenvalue weighted by molar-refractivity contribution is 6.05. The number of furan rings is 1. The van der Waals surface area contributed by atoms with Crippen molar-refractivity contribution in [2.45, 2.75) is 12.8 Å². The van der Waals surface area contributed by atoms with Crippen LogP contribution in [0.2, 0.25) is 0 Å². The van der Waals surface area contributed by atoms with Crippen molar-refractivity contribution in [2.75, 3.05) is 13.6 Å². The zero-order valence-electron chi connectivity index (χ0n) is 12.7.